The molecule has 0 N–H and O–H groups in total. The van der Waals surface area contributed by atoms with Gasteiger partial charge in [-0.15, -0.1) is 13.2 Å². The lowest BCUT2D eigenvalue weighted by Crippen LogP contribution is -2.37. The van der Waals surface area contributed by atoms with E-state index in [-0.39, 0.29) is 47.3 Å². The average molecular weight is 467 g/mol. The highest BCUT2D eigenvalue weighted by molar-refractivity contribution is 5.86. The Balaban J connectivity index is 1.42. The van der Waals surface area contributed by atoms with E-state index in [0.717, 1.165) is 0 Å². The minimum Gasteiger partial charge on any atom is -0.444 e. The Morgan fingerprint density at radius 1 is 1.12 bits per heavy atom. The zero-order valence-electron chi connectivity index (χ0n) is 19.3. The van der Waals surface area contributed by atoms with E-state index in [1.807, 2.05) is 34.6 Å². The van der Waals surface area contributed by atoms with Crippen LogP contribution in [0.15, 0.2) is 24.5 Å². The number of ketones is 1. The largest absolute Gasteiger partial charge is 0.573 e. The molecule has 1 aliphatic carbocycles. The van der Waals surface area contributed by atoms with Crippen molar-refractivity contribution in [1.29, 1.82) is 0 Å². The number of amides is 1. The molecule has 1 saturated heterocycles. The normalized spacial score (nSPS) is 22.9. The molecule has 1 unspecified atom stereocenters. The van der Waals surface area contributed by atoms with Crippen LogP contribution < -0.4 is 4.74 Å². The van der Waals surface area contributed by atoms with Crippen LogP contribution in [0, 0.1) is 17.8 Å². The summed E-state index contributed by atoms with van der Waals surface area (Å²) in [6, 6.07) is 2.68. The number of imidazole rings is 1. The molecule has 4 rings (SSSR count). The number of carbonyl (C=O) groups is 2. The van der Waals surface area contributed by atoms with Crippen LogP contribution in [0.25, 0.3) is 5.52 Å². The van der Waals surface area contributed by atoms with Crippen molar-refractivity contribution >= 4 is 17.4 Å². The summed E-state index contributed by atoms with van der Waals surface area (Å²) < 4.78 is 49.2. The molecule has 0 radical (unpaired) electrons. The molecule has 2 fully saturated rings. The Kier molecular flexibility index (Phi) is 5.41. The Morgan fingerprint density at radius 3 is 2.33 bits per heavy atom. The first kappa shape index (κ1) is 23.4. The third-order valence-corrected chi connectivity index (χ3v) is 6.20. The summed E-state index contributed by atoms with van der Waals surface area (Å²) >= 11 is 0. The van der Waals surface area contributed by atoms with Gasteiger partial charge in [0.1, 0.15) is 22.7 Å². The number of piperidine rings is 1. The van der Waals surface area contributed by atoms with Crippen LogP contribution in [-0.4, -0.2) is 51.2 Å². The molecular formula is C23H28F3N3O4. The van der Waals surface area contributed by atoms with Crippen LogP contribution in [-0.2, 0) is 14.9 Å². The van der Waals surface area contributed by atoms with Gasteiger partial charge in [-0.25, -0.2) is 9.78 Å². The van der Waals surface area contributed by atoms with Gasteiger partial charge in [-0.2, -0.15) is 0 Å². The van der Waals surface area contributed by atoms with Crippen molar-refractivity contribution < 1.29 is 32.2 Å². The van der Waals surface area contributed by atoms with Crippen LogP contribution in [0.1, 0.15) is 46.9 Å². The van der Waals surface area contributed by atoms with E-state index in [2.05, 4.69) is 9.72 Å². The number of aromatic nitrogens is 2. The summed E-state index contributed by atoms with van der Waals surface area (Å²) in [5.41, 5.74) is -1.09. The number of alkyl halides is 3. The molecule has 10 heteroatoms. The van der Waals surface area contributed by atoms with Gasteiger partial charge >= 0.3 is 12.5 Å². The van der Waals surface area contributed by atoms with E-state index in [1.54, 1.807) is 11.1 Å². The molecule has 2 aromatic heterocycles. The Labute approximate surface area is 189 Å². The lowest BCUT2D eigenvalue weighted by molar-refractivity contribution is -0.274. The van der Waals surface area contributed by atoms with Gasteiger partial charge in [0.25, 0.3) is 0 Å². The average Bonchev–Trinajstić information content (AvgIpc) is 3.01. The highest BCUT2D eigenvalue weighted by Gasteiger charge is 2.60. The second-order valence-electron chi connectivity index (χ2n) is 10.5. The number of nitrogens with zero attached hydrogens (tertiary/aromatic N) is 3. The molecule has 1 aliphatic heterocycles. The fourth-order valence-corrected chi connectivity index (χ4v) is 4.82. The first-order chi connectivity index (χ1) is 15.2. The third-order valence-electron chi connectivity index (χ3n) is 6.20. The van der Waals surface area contributed by atoms with Crippen molar-refractivity contribution in [1.82, 2.24) is 14.3 Å². The number of hydrogen-bond donors (Lipinski definition) is 0. The van der Waals surface area contributed by atoms with Crippen molar-refractivity contribution in [3.05, 3.63) is 30.4 Å². The van der Waals surface area contributed by atoms with Gasteiger partial charge in [-0.05, 0) is 44.7 Å². The summed E-state index contributed by atoms with van der Waals surface area (Å²) in [4.78, 5) is 31.3. The molecular weight excluding hydrogens is 439 g/mol. The topological polar surface area (TPSA) is 73.1 Å². The van der Waals surface area contributed by atoms with E-state index in [4.69, 9.17) is 4.74 Å². The third kappa shape index (κ3) is 4.79. The number of ether oxygens (including phenoxy) is 2. The van der Waals surface area contributed by atoms with Gasteiger partial charge in [0, 0.05) is 37.0 Å². The summed E-state index contributed by atoms with van der Waals surface area (Å²) in [6.45, 7) is 10.1. The SMILES string of the molecule is CC(C)(C)OC(=O)N1C[C@@H]2C(C(=O)CC(C)(C)c3ncc4c(OC(F)(F)F)cccn34)[C@@H]2C1. The van der Waals surface area contributed by atoms with Crippen molar-refractivity contribution in [3.8, 4) is 5.75 Å². The molecule has 7 nitrogen and oxygen atoms in total. The Hall–Kier alpha value is -2.78. The van der Waals surface area contributed by atoms with Crippen LogP contribution >= 0.6 is 0 Å². The molecule has 0 spiro atoms. The molecule has 0 aromatic carbocycles. The highest BCUT2D eigenvalue weighted by Crippen LogP contribution is 2.53. The van der Waals surface area contributed by atoms with Crippen molar-refractivity contribution in [3.63, 3.8) is 0 Å². The van der Waals surface area contributed by atoms with Crippen LogP contribution in [0.5, 0.6) is 5.75 Å². The van der Waals surface area contributed by atoms with Gasteiger partial charge < -0.3 is 14.4 Å². The fraction of sp³-hybridized carbons (Fsp3) is 0.609. The monoisotopic (exact) mass is 467 g/mol. The zero-order valence-corrected chi connectivity index (χ0v) is 19.3. The van der Waals surface area contributed by atoms with Crippen LogP contribution in [0.4, 0.5) is 18.0 Å². The van der Waals surface area contributed by atoms with Crippen molar-refractivity contribution in [2.45, 2.75) is 58.4 Å². The lowest BCUT2D eigenvalue weighted by atomic mass is 9.84. The van der Waals surface area contributed by atoms with Crippen LogP contribution in [0.2, 0.25) is 0 Å². The number of likely N-dealkylation sites (tertiary alicyclic amines) is 1. The molecule has 2 aromatic rings. The quantitative estimate of drug-likeness (QED) is 0.644. The lowest BCUT2D eigenvalue weighted by Gasteiger charge is -2.26. The van der Waals surface area contributed by atoms with E-state index in [0.29, 0.717) is 18.9 Å². The minimum atomic E-state index is -4.81. The smallest absolute Gasteiger partial charge is 0.444 e. The Bertz CT molecular complexity index is 1070. The Morgan fingerprint density at radius 2 is 1.76 bits per heavy atom. The molecule has 1 amide bonds. The van der Waals surface area contributed by atoms with E-state index in [1.165, 1.54) is 22.7 Å². The van der Waals surface area contributed by atoms with E-state index in [9.17, 15) is 22.8 Å². The standard InChI is InChI=1S/C23H28F3N3O4/c1-21(2,3)33-20(31)28-11-13-14(12-28)18(13)16(30)9-22(4,5)19-27-10-15-17(32-23(24,25)26)7-6-8-29(15)19/h6-8,10,13-14,18H,9,11-12H2,1-5H3/t13-,14+,18?. The predicted molar refractivity (Wildman–Crippen MR) is 113 cm³/mol. The molecule has 2 aliphatic rings. The summed E-state index contributed by atoms with van der Waals surface area (Å²) in [6.07, 6.45) is -2.04. The summed E-state index contributed by atoms with van der Waals surface area (Å²) in [7, 11) is 0. The van der Waals surface area contributed by atoms with Crippen LogP contribution in [0.3, 0.4) is 0 Å². The fourth-order valence-electron chi connectivity index (χ4n) is 4.82. The molecule has 0 bridgehead atoms. The first-order valence-corrected chi connectivity index (χ1v) is 10.9. The minimum absolute atomic E-state index is 0.0817. The number of pyridine rings is 1. The molecule has 3 heterocycles. The van der Waals surface area contributed by atoms with Crippen molar-refractivity contribution in [2.75, 3.05) is 13.1 Å². The summed E-state index contributed by atoms with van der Waals surface area (Å²) in [5.74, 6) is 0.371. The number of fused-ring (bicyclic) bond motifs is 2. The van der Waals surface area contributed by atoms with Crippen molar-refractivity contribution in [2.24, 2.45) is 17.8 Å². The maximum Gasteiger partial charge on any atom is 0.573 e. The molecule has 33 heavy (non-hydrogen) atoms. The van der Waals surface area contributed by atoms with E-state index >= 15 is 0 Å². The van der Waals surface area contributed by atoms with Gasteiger partial charge in [0.05, 0.1) is 6.20 Å². The van der Waals surface area contributed by atoms with Gasteiger partial charge in [-0.1, -0.05) is 13.8 Å². The van der Waals surface area contributed by atoms with E-state index < -0.39 is 17.4 Å². The molecule has 180 valence electrons. The predicted octanol–water partition coefficient (Wildman–Crippen LogP) is 4.58. The number of Topliss-reactive ketones (excluding diaryl/α,β-unsaturated/α-hetero) is 1. The summed E-state index contributed by atoms with van der Waals surface area (Å²) in [5, 5.41) is 0. The molecule has 1 saturated carbocycles. The maximum atomic E-state index is 13.1. The first-order valence-electron chi connectivity index (χ1n) is 10.9. The zero-order chi connectivity index (χ0) is 24.3. The van der Waals surface area contributed by atoms with Gasteiger partial charge in [0.2, 0.25) is 0 Å². The van der Waals surface area contributed by atoms with Gasteiger partial charge in [-0.3, -0.25) is 9.20 Å². The molecule has 3 atom stereocenters. The number of rotatable bonds is 5. The van der Waals surface area contributed by atoms with Gasteiger partial charge in [0.15, 0.2) is 5.75 Å². The second kappa shape index (κ2) is 7.63. The number of hydrogen-bond acceptors (Lipinski definition) is 5. The second-order valence-corrected chi connectivity index (χ2v) is 10.5. The maximum absolute atomic E-state index is 13.1. The highest BCUT2D eigenvalue weighted by atomic mass is 19.4. The number of carbonyl (C=O) groups excluding carboxylic acids is 2. The number of halogens is 3.